The van der Waals surface area contributed by atoms with Gasteiger partial charge in [0.25, 0.3) is 0 Å². The van der Waals surface area contributed by atoms with Crippen LogP contribution >= 0.6 is 0 Å². The molecule has 5 heteroatoms. The molecule has 2 aromatic heterocycles. The van der Waals surface area contributed by atoms with Crippen LogP contribution in [0.2, 0.25) is 0 Å². The predicted molar refractivity (Wildman–Crippen MR) is 91.5 cm³/mol. The largest absolute Gasteiger partial charge is 0.437 e. The fourth-order valence-electron chi connectivity index (χ4n) is 2.68. The average molecular weight is 318 g/mol. The van der Waals surface area contributed by atoms with Crippen LogP contribution in [0, 0.1) is 0 Å². The first kappa shape index (κ1) is 14.4. The summed E-state index contributed by atoms with van der Waals surface area (Å²) in [4.78, 5) is 20.4. The van der Waals surface area contributed by atoms with Crippen LogP contribution in [0.4, 0.5) is 0 Å². The van der Waals surface area contributed by atoms with E-state index in [9.17, 15) is 4.79 Å². The lowest BCUT2D eigenvalue weighted by molar-refractivity contribution is 0.461. The van der Waals surface area contributed by atoms with Crippen LogP contribution in [0.3, 0.4) is 0 Å². The van der Waals surface area contributed by atoms with E-state index in [1.165, 1.54) is 6.07 Å². The van der Waals surface area contributed by atoms with Gasteiger partial charge in [-0.25, -0.2) is 14.8 Å². The maximum atomic E-state index is 11.6. The zero-order chi connectivity index (χ0) is 16.5. The van der Waals surface area contributed by atoms with Gasteiger partial charge in [-0.1, -0.05) is 19.1 Å². The minimum Gasteiger partial charge on any atom is -0.437 e. The van der Waals surface area contributed by atoms with Crippen molar-refractivity contribution in [3.05, 3.63) is 70.7 Å². The first-order valence-corrected chi connectivity index (χ1v) is 7.69. The van der Waals surface area contributed by atoms with E-state index in [0.717, 1.165) is 28.4 Å². The van der Waals surface area contributed by atoms with Gasteiger partial charge in [-0.2, -0.15) is 0 Å². The van der Waals surface area contributed by atoms with Crippen molar-refractivity contribution in [2.24, 2.45) is 0 Å². The third-order valence-electron chi connectivity index (χ3n) is 3.83. The van der Waals surface area contributed by atoms with Gasteiger partial charge in [0, 0.05) is 17.5 Å². The highest BCUT2D eigenvalue weighted by Crippen LogP contribution is 2.26. The molecule has 2 aromatic carbocycles. The molecule has 0 amide bonds. The average Bonchev–Trinajstić information content (AvgIpc) is 2.60. The summed E-state index contributed by atoms with van der Waals surface area (Å²) < 4.78 is 11.1. The van der Waals surface area contributed by atoms with Gasteiger partial charge < -0.3 is 9.15 Å². The third-order valence-corrected chi connectivity index (χ3v) is 3.83. The lowest BCUT2D eigenvalue weighted by atomic mass is 10.1. The molecular weight excluding hydrogens is 304 g/mol. The minimum atomic E-state index is -0.359. The molecule has 0 fully saturated rings. The van der Waals surface area contributed by atoms with Crippen molar-refractivity contribution >= 4 is 22.0 Å². The van der Waals surface area contributed by atoms with E-state index in [1.54, 1.807) is 12.3 Å². The van der Waals surface area contributed by atoms with Gasteiger partial charge in [-0.3, -0.25) is 0 Å². The molecule has 0 aliphatic rings. The van der Waals surface area contributed by atoms with E-state index in [4.69, 9.17) is 9.15 Å². The van der Waals surface area contributed by atoms with Crippen LogP contribution in [0.15, 0.2) is 63.9 Å². The lowest BCUT2D eigenvalue weighted by Crippen LogP contribution is -2.00. The highest BCUT2D eigenvalue weighted by Gasteiger charge is 2.07. The number of aromatic nitrogens is 2. The number of ether oxygens (including phenoxy) is 1. The number of aryl methyl sites for hydroxylation is 1. The molecular formula is C19H14N2O3. The molecule has 0 spiro atoms. The van der Waals surface area contributed by atoms with E-state index in [2.05, 4.69) is 9.97 Å². The van der Waals surface area contributed by atoms with Crippen molar-refractivity contribution in [1.82, 2.24) is 9.97 Å². The highest BCUT2D eigenvalue weighted by molar-refractivity contribution is 5.81. The normalized spacial score (nSPS) is 11.0. The summed E-state index contributed by atoms with van der Waals surface area (Å²) in [6.07, 6.45) is 2.34. The summed E-state index contributed by atoms with van der Waals surface area (Å²) in [5.74, 6) is 0.936. The standard InChI is InChI=1S/C19H14N2O3/c1-2-12-9-19(22)24-17-10-13(7-8-14(12)17)23-18-11-20-15-5-3-4-6-16(15)21-18/h3-11H,2H2,1H3. The summed E-state index contributed by atoms with van der Waals surface area (Å²) in [5.41, 5.74) is 2.67. The Morgan fingerprint density at radius 3 is 2.75 bits per heavy atom. The third kappa shape index (κ3) is 2.60. The number of hydrogen-bond donors (Lipinski definition) is 0. The van der Waals surface area contributed by atoms with Gasteiger partial charge in [0.15, 0.2) is 0 Å². The van der Waals surface area contributed by atoms with Gasteiger partial charge in [0.2, 0.25) is 5.88 Å². The molecule has 4 rings (SSSR count). The minimum absolute atomic E-state index is 0.359. The number of fused-ring (bicyclic) bond motifs is 2. The Morgan fingerprint density at radius 1 is 1.08 bits per heavy atom. The van der Waals surface area contributed by atoms with E-state index in [0.29, 0.717) is 17.2 Å². The van der Waals surface area contributed by atoms with Gasteiger partial charge >= 0.3 is 5.63 Å². The predicted octanol–water partition coefficient (Wildman–Crippen LogP) is 4.09. The highest BCUT2D eigenvalue weighted by atomic mass is 16.5. The molecule has 0 saturated heterocycles. The molecule has 0 saturated carbocycles. The van der Waals surface area contributed by atoms with Crippen LogP contribution in [0.1, 0.15) is 12.5 Å². The van der Waals surface area contributed by atoms with Crippen molar-refractivity contribution in [2.75, 3.05) is 0 Å². The molecule has 0 N–H and O–H groups in total. The van der Waals surface area contributed by atoms with Gasteiger partial charge in [-0.05, 0) is 36.2 Å². The fourth-order valence-corrected chi connectivity index (χ4v) is 2.68. The van der Waals surface area contributed by atoms with Gasteiger partial charge in [0.1, 0.15) is 11.3 Å². The molecule has 0 unspecified atom stereocenters. The van der Waals surface area contributed by atoms with Gasteiger partial charge in [-0.15, -0.1) is 0 Å². The number of nitrogens with zero attached hydrogens (tertiary/aromatic N) is 2. The molecule has 0 atom stereocenters. The number of hydrogen-bond acceptors (Lipinski definition) is 5. The monoisotopic (exact) mass is 318 g/mol. The summed E-state index contributed by atoms with van der Waals surface area (Å²) in [6, 6.07) is 14.5. The molecule has 118 valence electrons. The quantitative estimate of drug-likeness (QED) is 0.532. The molecule has 2 heterocycles. The van der Waals surface area contributed by atoms with Crippen molar-refractivity contribution < 1.29 is 9.15 Å². The van der Waals surface area contributed by atoms with E-state index >= 15 is 0 Å². The summed E-state index contributed by atoms with van der Waals surface area (Å²) >= 11 is 0. The van der Waals surface area contributed by atoms with Crippen LogP contribution in [-0.4, -0.2) is 9.97 Å². The summed E-state index contributed by atoms with van der Waals surface area (Å²) in [6.45, 7) is 2.00. The Balaban J connectivity index is 1.74. The Bertz CT molecular complexity index is 1100. The SMILES string of the molecule is CCc1cc(=O)oc2cc(Oc3cnc4ccccc4n3)ccc12. The molecule has 0 aliphatic carbocycles. The molecule has 0 aliphatic heterocycles. The van der Waals surface area contributed by atoms with Crippen molar-refractivity contribution in [1.29, 1.82) is 0 Å². The molecule has 4 aromatic rings. The number of para-hydroxylation sites is 2. The first-order chi connectivity index (χ1) is 11.7. The smallest absolute Gasteiger partial charge is 0.336 e. The van der Waals surface area contributed by atoms with Crippen molar-refractivity contribution in [3.8, 4) is 11.6 Å². The topological polar surface area (TPSA) is 65.2 Å². The number of rotatable bonds is 3. The zero-order valence-electron chi connectivity index (χ0n) is 13.0. The van der Waals surface area contributed by atoms with Crippen LogP contribution in [0.25, 0.3) is 22.0 Å². The van der Waals surface area contributed by atoms with Crippen molar-refractivity contribution in [2.45, 2.75) is 13.3 Å². The maximum absolute atomic E-state index is 11.6. The Labute approximate surface area is 137 Å². The number of benzene rings is 2. The van der Waals surface area contributed by atoms with Crippen LogP contribution in [0.5, 0.6) is 11.6 Å². The van der Waals surface area contributed by atoms with Crippen LogP contribution < -0.4 is 10.4 Å². The maximum Gasteiger partial charge on any atom is 0.336 e. The lowest BCUT2D eigenvalue weighted by Gasteiger charge is -2.07. The summed E-state index contributed by atoms with van der Waals surface area (Å²) in [7, 11) is 0. The summed E-state index contributed by atoms with van der Waals surface area (Å²) in [5, 5.41) is 0.911. The van der Waals surface area contributed by atoms with E-state index in [-0.39, 0.29) is 5.63 Å². The Morgan fingerprint density at radius 2 is 1.92 bits per heavy atom. The first-order valence-electron chi connectivity index (χ1n) is 7.69. The molecule has 0 radical (unpaired) electrons. The Hall–Kier alpha value is -3.21. The molecule has 24 heavy (non-hydrogen) atoms. The van der Waals surface area contributed by atoms with E-state index in [1.807, 2.05) is 43.3 Å². The van der Waals surface area contributed by atoms with Gasteiger partial charge in [0.05, 0.1) is 17.2 Å². The fraction of sp³-hybridized carbons (Fsp3) is 0.105. The second kappa shape index (κ2) is 5.77. The van der Waals surface area contributed by atoms with E-state index < -0.39 is 0 Å². The second-order valence-electron chi connectivity index (χ2n) is 5.40. The molecule has 0 bridgehead atoms. The Kier molecular flexibility index (Phi) is 3.46. The second-order valence-corrected chi connectivity index (χ2v) is 5.40. The van der Waals surface area contributed by atoms with Crippen LogP contribution in [-0.2, 0) is 6.42 Å². The van der Waals surface area contributed by atoms with Crippen molar-refractivity contribution in [3.63, 3.8) is 0 Å². The zero-order valence-corrected chi connectivity index (χ0v) is 13.0. The molecule has 5 nitrogen and oxygen atoms in total.